The Balaban J connectivity index is 2.21. The maximum atomic E-state index is 11.1. The minimum absolute atomic E-state index is 0.119. The lowest BCUT2D eigenvalue weighted by Crippen LogP contribution is -1.91. The van der Waals surface area contributed by atoms with E-state index in [-0.39, 0.29) is 5.78 Å². The van der Waals surface area contributed by atoms with Crippen molar-refractivity contribution in [3.05, 3.63) is 28.2 Å². The zero-order valence-corrected chi connectivity index (χ0v) is 10.3. The Morgan fingerprint density at radius 1 is 1.50 bits per heavy atom. The van der Waals surface area contributed by atoms with Gasteiger partial charge < -0.3 is 0 Å². The van der Waals surface area contributed by atoms with Crippen LogP contribution in [0.2, 0.25) is 0 Å². The number of carbonyl (C=O) groups is 1. The molecule has 1 aromatic rings. The van der Waals surface area contributed by atoms with Crippen molar-refractivity contribution in [1.82, 2.24) is 0 Å². The zero-order valence-electron chi connectivity index (χ0n) is 7.92. The van der Waals surface area contributed by atoms with Crippen LogP contribution in [0.25, 0.3) is 0 Å². The molecule has 0 atom stereocenters. The molecule has 1 aromatic carbocycles. The first kappa shape index (κ1) is 10.2. The molecule has 0 heterocycles. The standard InChI is InChI=1S/C11H11BrOS/c1-7(13)8-2-5-11(10(12)6-8)14-9-3-4-9/h2,5-6,9H,3-4H2,1H3. The summed E-state index contributed by atoms with van der Waals surface area (Å²) in [7, 11) is 0. The maximum absolute atomic E-state index is 11.1. The Hall–Kier alpha value is -0.280. The van der Waals surface area contributed by atoms with Crippen molar-refractivity contribution in [2.75, 3.05) is 0 Å². The quantitative estimate of drug-likeness (QED) is 0.775. The molecule has 74 valence electrons. The number of rotatable bonds is 3. The highest BCUT2D eigenvalue weighted by atomic mass is 79.9. The SMILES string of the molecule is CC(=O)c1ccc(SC2CC2)c(Br)c1. The van der Waals surface area contributed by atoms with Gasteiger partial charge in [-0.1, -0.05) is 6.07 Å². The summed E-state index contributed by atoms with van der Waals surface area (Å²) in [5.41, 5.74) is 0.775. The number of thioether (sulfide) groups is 1. The molecule has 3 heteroatoms. The smallest absolute Gasteiger partial charge is 0.159 e. The van der Waals surface area contributed by atoms with E-state index in [0.717, 1.165) is 15.3 Å². The van der Waals surface area contributed by atoms with Gasteiger partial charge in [0.25, 0.3) is 0 Å². The van der Waals surface area contributed by atoms with Crippen molar-refractivity contribution in [2.45, 2.75) is 29.9 Å². The van der Waals surface area contributed by atoms with Crippen molar-refractivity contribution in [2.24, 2.45) is 0 Å². The normalized spacial score (nSPS) is 15.6. The van der Waals surface area contributed by atoms with Gasteiger partial charge >= 0.3 is 0 Å². The molecule has 0 aliphatic heterocycles. The van der Waals surface area contributed by atoms with E-state index in [2.05, 4.69) is 15.9 Å². The van der Waals surface area contributed by atoms with Crippen LogP contribution in [0, 0.1) is 0 Å². The highest BCUT2D eigenvalue weighted by Crippen LogP contribution is 2.41. The molecule has 0 radical (unpaired) electrons. The molecule has 0 spiro atoms. The molecule has 0 bridgehead atoms. The molecule has 0 amide bonds. The summed E-state index contributed by atoms with van der Waals surface area (Å²) in [5, 5.41) is 0.800. The van der Waals surface area contributed by atoms with E-state index in [4.69, 9.17) is 0 Å². The average Bonchev–Trinajstić information content (AvgIpc) is 2.92. The Kier molecular flexibility index (Phi) is 2.98. The first-order valence-corrected chi connectivity index (χ1v) is 6.31. The maximum Gasteiger partial charge on any atom is 0.159 e. The number of Topliss-reactive ketones (excluding diaryl/α,β-unsaturated/α-hetero) is 1. The van der Waals surface area contributed by atoms with Crippen LogP contribution in [-0.2, 0) is 0 Å². The van der Waals surface area contributed by atoms with Gasteiger partial charge in [0.15, 0.2) is 5.78 Å². The molecule has 0 saturated heterocycles. The third-order valence-corrected chi connectivity index (χ3v) is 4.49. The summed E-state index contributed by atoms with van der Waals surface area (Å²) in [6, 6.07) is 5.84. The average molecular weight is 271 g/mol. The predicted molar refractivity (Wildman–Crippen MR) is 63.0 cm³/mol. The van der Waals surface area contributed by atoms with Crippen molar-refractivity contribution in [3.63, 3.8) is 0 Å². The van der Waals surface area contributed by atoms with Crippen molar-refractivity contribution < 1.29 is 4.79 Å². The minimum Gasteiger partial charge on any atom is -0.295 e. The van der Waals surface area contributed by atoms with Crippen molar-refractivity contribution in [3.8, 4) is 0 Å². The second-order valence-electron chi connectivity index (χ2n) is 3.52. The van der Waals surface area contributed by atoms with Crippen LogP contribution < -0.4 is 0 Å². The summed E-state index contributed by atoms with van der Waals surface area (Å²) >= 11 is 5.40. The summed E-state index contributed by atoms with van der Waals surface area (Å²) in [6.07, 6.45) is 2.65. The number of halogens is 1. The molecule has 1 nitrogen and oxygen atoms in total. The van der Waals surface area contributed by atoms with Crippen molar-refractivity contribution in [1.29, 1.82) is 0 Å². The molecule has 1 aliphatic carbocycles. The van der Waals surface area contributed by atoms with Gasteiger partial charge in [-0.2, -0.15) is 0 Å². The van der Waals surface area contributed by atoms with Gasteiger partial charge in [-0.15, -0.1) is 11.8 Å². The van der Waals surface area contributed by atoms with Gasteiger partial charge in [0.05, 0.1) is 0 Å². The molecule has 1 fully saturated rings. The number of hydrogen-bond acceptors (Lipinski definition) is 2. The van der Waals surface area contributed by atoms with E-state index in [1.165, 1.54) is 17.7 Å². The lowest BCUT2D eigenvalue weighted by Gasteiger charge is -2.04. The van der Waals surface area contributed by atoms with Crippen LogP contribution in [0.3, 0.4) is 0 Å². The van der Waals surface area contributed by atoms with E-state index >= 15 is 0 Å². The van der Waals surface area contributed by atoms with Crippen LogP contribution in [0.5, 0.6) is 0 Å². The molecule has 1 saturated carbocycles. The van der Waals surface area contributed by atoms with Gasteiger partial charge in [-0.3, -0.25) is 4.79 Å². The van der Waals surface area contributed by atoms with Gasteiger partial charge in [0.1, 0.15) is 0 Å². The lowest BCUT2D eigenvalue weighted by molar-refractivity contribution is 0.101. The molecule has 14 heavy (non-hydrogen) atoms. The number of hydrogen-bond donors (Lipinski definition) is 0. The van der Waals surface area contributed by atoms with Gasteiger partial charge in [-0.25, -0.2) is 0 Å². The second-order valence-corrected chi connectivity index (χ2v) is 5.72. The van der Waals surface area contributed by atoms with Crippen LogP contribution in [0.1, 0.15) is 30.1 Å². The number of benzene rings is 1. The Morgan fingerprint density at radius 2 is 2.21 bits per heavy atom. The highest BCUT2D eigenvalue weighted by Gasteiger charge is 2.23. The van der Waals surface area contributed by atoms with Crippen molar-refractivity contribution >= 4 is 33.5 Å². The topological polar surface area (TPSA) is 17.1 Å². The van der Waals surface area contributed by atoms with Crippen LogP contribution in [0.4, 0.5) is 0 Å². The van der Waals surface area contributed by atoms with E-state index in [0.29, 0.717) is 0 Å². The minimum atomic E-state index is 0.119. The molecule has 0 unspecified atom stereocenters. The molecule has 1 aliphatic rings. The fourth-order valence-electron chi connectivity index (χ4n) is 1.18. The summed E-state index contributed by atoms with van der Waals surface area (Å²) < 4.78 is 1.04. The van der Waals surface area contributed by atoms with E-state index < -0.39 is 0 Å². The molecular formula is C11H11BrOS. The first-order chi connectivity index (χ1) is 6.66. The fourth-order valence-corrected chi connectivity index (χ4v) is 2.89. The Bertz CT molecular complexity index is 372. The Morgan fingerprint density at radius 3 is 2.71 bits per heavy atom. The van der Waals surface area contributed by atoms with Gasteiger partial charge in [-0.05, 0) is 47.8 Å². The van der Waals surface area contributed by atoms with Gasteiger partial charge in [0, 0.05) is 20.2 Å². The van der Waals surface area contributed by atoms with E-state index in [1.807, 2.05) is 30.0 Å². The monoisotopic (exact) mass is 270 g/mol. The van der Waals surface area contributed by atoms with E-state index in [1.54, 1.807) is 6.92 Å². The number of carbonyl (C=O) groups excluding carboxylic acids is 1. The largest absolute Gasteiger partial charge is 0.295 e. The molecule has 0 N–H and O–H groups in total. The third kappa shape index (κ3) is 2.39. The predicted octanol–water partition coefficient (Wildman–Crippen LogP) is 3.91. The van der Waals surface area contributed by atoms with E-state index in [9.17, 15) is 4.79 Å². The second kappa shape index (κ2) is 4.07. The summed E-state index contributed by atoms with van der Waals surface area (Å²) in [4.78, 5) is 12.4. The molecule has 2 rings (SSSR count). The summed E-state index contributed by atoms with van der Waals surface area (Å²) in [6.45, 7) is 1.59. The third-order valence-electron chi connectivity index (χ3n) is 2.16. The zero-order chi connectivity index (χ0) is 10.1. The first-order valence-electron chi connectivity index (χ1n) is 4.64. The lowest BCUT2D eigenvalue weighted by atomic mass is 10.2. The van der Waals surface area contributed by atoms with Gasteiger partial charge in [0.2, 0.25) is 0 Å². The van der Waals surface area contributed by atoms with Crippen LogP contribution in [0.15, 0.2) is 27.6 Å². The van der Waals surface area contributed by atoms with Crippen LogP contribution in [-0.4, -0.2) is 11.0 Å². The Labute approximate surface area is 96.4 Å². The highest BCUT2D eigenvalue weighted by molar-refractivity contribution is 9.10. The fraction of sp³-hybridized carbons (Fsp3) is 0.364. The molecule has 0 aromatic heterocycles. The van der Waals surface area contributed by atoms with Crippen LogP contribution >= 0.6 is 27.7 Å². The summed E-state index contributed by atoms with van der Waals surface area (Å²) in [5.74, 6) is 0.119. The molecular weight excluding hydrogens is 260 g/mol. The number of ketones is 1.